The minimum atomic E-state index is -4.61. The summed E-state index contributed by atoms with van der Waals surface area (Å²) in [7, 11) is 0. The standard InChI is InChI=1S/C16H16F4N4O/c1-10-7-12-9-23(5-2-6-24(12)22-10)15(25)21-14-8-11(16(18,19)20)3-4-13(14)17/h3-4,7-8H,2,5-6,9H2,1H3,(H,21,25). The van der Waals surface area contributed by atoms with Crippen LogP contribution >= 0.6 is 0 Å². The number of carbonyl (C=O) groups is 1. The van der Waals surface area contributed by atoms with E-state index < -0.39 is 29.3 Å². The number of hydrogen-bond donors (Lipinski definition) is 1. The summed E-state index contributed by atoms with van der Waals surface area (Å²) >= 11 is 0. The Labute approximate surface area is 141 Å². The van der Waals surface area contributed by atoms with E-state index in [1.165, 1.54) is 4.90 Å². The second kappa shape index (κ2) is 6.38. The Morgan fingerprint density at radius 1 is 1.24 bits per heavy atom. The number of benzene rings is 1. The lowest BCUT2D eigenvalue weighted by Gasteiger charge is -2.21. The Hall–Kier alpha value is -2.58. The number of urea groups is 1. The van der Waals surface area contributed by atoms with Crippen LogP contribution in [0.15, 0.2) is 24.3 Å². The number of aryl methyl sites for hydroxylation is 2. The molecule has 25 heavy (non-hydrogen) atoms. The summed E-state index contributed by atoms with van der Waals surface area (Å²) in [5.74, 6) is -0.919. The molecule has 1 aromatic heterocycles. The topological polar surface area (TPSA) is 50.2 Å². The van der Waals surface area contributed by atoms with Gasteiger partial charge in [-0.1, -0.05) is 0 Å². The van der Waals surface area contributed by atoms with Crippen molar-refractivity contribution in [2.24, 2.45) is 0 Å². The van der Waals surface area contributed by atoms with Gasteiger partial charge >= 0.3 is 12.2 Å². The maximum absolute atomic E-state index is 13.8. The molecule has 0 spiro atoms. The van der Waals surface area contributed by atoms with E-state index in [4.69, 9.17) is 0 Å². The van der Waals surface area contributed by atoms with Gasteiger partial charge < -0.3 is 10.2 Å². The molecule has 3 rings (SSSR count). The molecule has 2 heterocycles. The lowest BCUT2D eigenvalue weighted by atomic mass is 10.2. The second-order valence-corrected chi connectivity index (χ2v) is 5.90. The van der Waals surface area contributed by atoms with Crippen molar-refractivity contribution in [1.29, 1.82) is 0 Å². The third kappa shape index (κ3) is 3.75. The fourth-order valence-corrected chi connectivity index (χ4v) is 2.77. The zero-order valence-corrected chi connectivity index (χ0v) is 13.4. The molecule has 1 aliphatic heterocycles. The van der Waals surface area contributed by atoms with E-state index in [-0.39, 0.29) is 6.54 Å². The lowest BCUT2D eigenvalue weighted by molar-refractivity contribution is -0.137. The van der Waals surface area contributed by atoms with Gasteiger partial charge in [0, 0.05) is 13.1 Å². The Bertz CT molecular complexity index is 800. The first kappa shape index (κ1) is 17.2. The minimum Gasteiger partial charge on any atom is -0.319 e. The summed E-state index contributed by atoms with van der Waals surface area (Å²) in [4.78, 5) is 13.8. The van der Waals surface area contributed by atoms with Gasteiger partial charge in [-0.05, 0) is 37.6 Å². The summed E-state index contributed by atoms with van der Waals surface area (Å²) in [5, 5.41) is 6.56. The highest BCUT2D eigenvalue weighted by molar-refractivity contribution is 5.89. The molecule has 0 fully saturated rings. The molecule has 134 valence electrons. The maximum atomic E-state index is 13.8. The first-order valence-corrected chi connectivity index (χ1v) is 7.70. The average molecular weight is 356 g/mol. The van der Waals surface area contributed by atoms with Crippen molar-refractivity contribution < 1.29 is 22.4 Å². The Morgan fingerprint density at radius 3 is 2.72 bits per heavy atom. The second-order valence-electron chi connectivity index (χ2n) is 5.90. The van der Waals surface area contributed by atoms with Crippen LogP contribution in [0, 0.1) is 12.7 Å². The maximum Gasteiger partial charge on any atom is 0.416 e. The predicted octanol–water partition coefficient (Wildman–Crippen LogP) is 3.79. The van der Waals surface area contributed by atoms with Crippen LogP contribution in [0.25, 0.3) is 0 Å². The van der Waals surface area contributed by atoms with Gasteiger partial charge in [-0.3, -0.25) is 4.68 Å². The van der Waals surface area contributed by atoms with Gasteiger partial charge in [0.1, 0.15) is 5.82 Å². The summed E-state index contributed by atoms with van der Waals surface area (Å²) in [5.41, 5.74) is 0.137. The molecular weight excluding hydrogens is 340 g/mol. The molecule has 2 amide bonds. The van der Waals surface area contributed by atoms with Gasteiger partial charge in [-0.2, -0.15) is 18.3 Å². The van der Waals surface area contributed by atoms with Crippen molar-refractivity contribution in [3.05, 3.63) is 47.0 Å². The first-order chi connectivity index (χ1) is 11.7. The fourth-order valence-electron chi connectivity index (χ4n) is 2.77. The van der Waals surface area contributed by atoms with Gasteiger partial charge in [-0.25, -0.2) is 9.18 Å². The molecule has 0 saturated carbocycles. The van der Waals surface area contributed by atoms with Crippen LogP contribution in [0.4, 0.5) is 28.0 Å². The number of carbonyl (C=O) groups excluding carboxylic acids is 1. The van der Waals surface area contributed by atoms with Crippen molar-refractivity contribution in [2.45, 2.75) is 32.6 Å². The fraction of sp³-hybridized carbons (Fsp3) is 0.375. The lowest BCUT2D eigenvalue weighted by Crippen LogP contribution is -2.35. The third-order valence-corrected chi connectivity index (χ3v) is 3.96. The van der Waals surface area contributed by atoms with Gasteiger partial charge in [0.15, 0.2) is 0 Å². The van der Waals surface area contributed by atoms with Crippen molar-refractivity contribution in [1.82, 2.24) is 14.7 Å². The van der Waals surface area contributed by atoms with E-state index in [0.29, 0.717) is 37.7 Å². The highest BCUT2D eigenvalue weighted by Gasteiger charge is 2.31. The van der Waals surface area contributed by atoms with Crippen LogP contribution in [0.1, 0.15) is 23.4 Å². The molecule has 0 atom stereocenters. The van der Waals surface area contributed by atoms with Crippen molar-refractivity contribution in [3.63, 3.8) is 0 Å². The molecule has 2 aromatic rings. The van der Waals surface area contributed by atoms with Crippen molar-refractivity contribution in [3.8, 4) is 0 Å². The molecule has 0 unspecified atom stereocenters. The molecule has 5 nitrogen and oxygen atoms in total. The number of alkyl halides is 3. The van der Waals surface area contributed by atoms with Crippen LogP contribution < -0.4 is 5.32 Å². The summed E-state index contributed by atoms with van der Waals surface area (Å²) in [6, 6.07) is 3.12. The molecule has 9 heteroatoms. The molecule has 0 radical (unpaired) electrons. The zero-order valence-electron chi connectivity index (χ0n) is 13.4. The molecule has 0 aliphatic carbocycles. The van der Waals surface area contributed by atoms with Gasteiger partial charge in [-0.15, -0.1) is 0 Å². The minimum absolute atomic E-state index is 0.257. The highest BCUT2D eigenvalue weighted by atomic mass is 19.4. The van der Waals surface area contributed by atoms with Gasteiger partial charge in [0.2, 0.25) is 0 Å². The largest absolute Gasteiger partial charge is 0.416 e. The van der Waals surface area contributed by atoms with E-state index in [1.54, 1.807) is 4.68 Å². The molecule has 1 aliphatic rings. The number of nitrogens with one attached hydrogen (secondary N) is 1. The van der Waals surface area contributed by atoms with E-state index in [0.717, 1.165) is 11.4 Å². The number of halogens is 4. The third-order valence-electron chi connectivity index (χ3n) is 3.96. The number of anilines is 1. The number of hydrogen-bond acceptors (Lipinski definition) is 2. The molecule has 1 N–H and O–H groups in total. The number of rotatable bonds is 1. The number of fused-ring (bicyclic) bond motifs is 1. The highest BCUT2D eigenvalue weighted by Crippen LogP contribution is 2.32. The summed E-state index contributed by atoms with van der Waals surface area (Å²) in [6.07, 6.45) is -3.97. The molecular formula is C16H16F4N4O. The summed E-state index contributed by atoms with van der Waals surface area (Å²) in [6.45, 7) is 3.14. The van der Waals surface area contributed by atoms with E-state index in [1.807, 2.05) is 13.0 Å². The quantitative estimate of drug-likeness (QED) is 0.791. The van der Waals surface area contributed by atoms with Crippen LogP contribution in [0.3, 0.4) is 0 Å². The Morgan fingerprint density at radius 2 is 2.00 bits per heavy atom. The van der Waals surface area contributed by atoms with E-state index in [9.17, 15) is 22.4 Å². The first-order valence-electron chi connectivity index (χ1n) is 7.70. The van der Waals surface area contributed by atoms with Crippen LogP contribution in [-0.4, -0.2) is 27.3 Å². The molecule has 0 saturated heterocycles. The van der Waals surface area contributed by atoms with Crippen LogP contribution in [0.5, 0.6) is 0 Å². The average Bonchev–Trinajstić information content (AvgIpc) is 2.75. The van der Waals surface area contributed by atoms with Crippen LogP contribution in [0.2, 0.25) is 0 Å². The SMILES string of the molecule is Cc1cc2n(n1)CCCN(C(=O)Nc1cc(C(F)(F)F)ccc1F)C2. The summed E-state index contributed by atoms with van der Waals surface area (Å²) < 4.78 is 53.9. The van der Waals surface area contributed by atoms with Crippen molar-refractivity contribution in [2.75, 3.05) is 11.9 Å². The smallest absolute Gasteiger partial charge is 0.319 e. The number of amides is 2. The van der Waals surface area contributed by atoms with Gasteiger partial charge in [0.25, 0.3) is 0 Å². The monoisotopic (exact) mass is 356 g/mol. The Balaban J connectivity index is 1.78. The number of aromatic nitrogens is 2. The molecule has 0 bridgehead atoms. The van der Waals surface area contributed by atoms with Crippen molar-refractivity contribution >= 4 is 11.7 Å². The number of nitrogens with zero attached hydrogens (tertiary/aromatic N) is 3. The predicted molar refractivity (Wildman–Crippen MR) is 82.4 cm³/mol. The van der Waals surface area contributed by atoms with Gasteiger partial charge in [0.05, 0.1) is 29.2 Å². The molecule has 1 aromatic carbocycles. The van der Waals surface area contributed by atoms with Crippen LogP contribution in [-0.2, 0) is 19.3 Å². The van der Waals surface area contributed by atoms with E-state index >= 15 is 0 Å². The normalized spacial score (nSPS) is 14.8. The van der Waals surface area contributed by atoms with E-state index in [2.05, 4.69) is 10.4 Å². The Kier molecular flexibility index (Phi) is 4.40. The zero-order chi connectivity index (χ0) is 18.2.